The van der Waals surface area contributed by atoms with E-state index in [1.54, 1.807) is 0 Å². The molecule has 13 heavy (non-hydrogen) atoms. The van der Waals surface area contributed by atoms with Gasteiger partial charge in [-0.3, -0.25) is 4.90 Å². The summed E-state index contributed by atoms with van der Waals surface area (Å²) in [5.74, 6) is 0. The molecule has 0 aromatic carbocycles. The van der Waals surface area contributed by atoms with Crippen molar-refractivity contribution in [1.82, 2.24) is 10.2 Å². The quantitative estimate of drug-likeness (QED) is 0.699. The second-order valence-corrected chi connectivity index (χ2v) is 4.14. The fourth-order valence-corrected chi connectivity index (χ4v) is 1.94. The van der Waals surface area contributed by atoms with Crippen LogP contribution in [0.3, 0.4) is 0 Å². The van der Waals surface area contributed by atoms with Crippen LogP contribution in [0.1, 0.15) is 19.8 Å². The molecule has 0 bridgehead atoms. The van der Waals surface area contributed by atoms with Crippen LogP contribution in [0.5, 0.6) is 0 Å². The van der Waals surface area contributed by atoms with E-state index in [1.165, 1.54) is 19.4 Å². The summed E-state index contributed by atoms with van der Waals surface area (Å²) in [5, 5.41) is 3.18. The monoisotopic (exact) mass is 186 g/mol. The minimum atomic E-state index is 0.0893. The molecule has 1 unspecified atom stereocenters. The van der Waals surface area contributed by atoms with Crippen molar-refractivity contribution in [3.63, 3.8) is 0 Å². The lowest BCUT2D eigenvalue weighted by Gasteiger charge is -2.39. The first-order valence-electron chi connectivity index (χ1n) is 5.12. The fraction of sp³-hybridized carbons (Fsp3) is 1.00. The van der Waals surface area contributed by atoms with Crippen LogP contribution in [0.15, 0.2) is 0 Å². The van der Waals surface area contributed by atoms with Crippen LogP contribution in [0, 0.1) is 0 Å². The highest BCUT2D eigenvalue weighted by Crippen LogP contribution is 2.23. The number of hydrogen-bond donors (Lipinski definition) is 1. The van der Waals surface area contributed by atoms with Gasteiger partial charge in [0.1, 0.15) is 0 Å². The summed E-state index contributed by atoms with van der Waals surface area (Å²) < 4.78 is 5.53. The second kappa shape index (κ2) is 4.94. The predicted molar refractivity (Wildman–Crippen MR) is 55.0 cm³/mol. The first-order valence-corrected chi connectivity index (χ1v) is 5.12. The molecule has 0 aliphatic carbocycles. The van der Waals surface area contributed by atoms with E-state index in [2.05, 4.69) is 17.1 Å². The lowest BCUT2D eigenvalue weighted by atomic mass is 9.95. The van der Waals surface area contributed by atoms with Gasteiger partial charge in [-0.2, -0.15) is 0 Å². The van der Waals surface area contributed by atoms with Crippen molar-refractivity contribution in [3.8, 4) is 0 Å². The topological polar surface area (TPSA) is 24.5 Å². The number of piperidine rings is 1. The number of nitrogens with one attached hydrogen (secondary N) is 1. The maximum Gasteiger partial charge on any atom is 0.0777 e. The van der Waals surface area contributed by atoms with Gasteiger partial charge in [0, 0.05) is 26.7 Å². The molecule has 0 amide bonds. The number of hydrogen-bond acceptors (Lipinski definition) is 3. The third-order valence-electron chi connectivity index (χ3n) is 2.91. The van der Waals surface area contributed by atoms with E-state index in [0.717, 1.165) is 19.6 Å². The number of nitrogens with zero attached hydrogens (tertiary/aromatic N) is 1. The molecule has 1 saturated heterocycles. The molecule has 1 atom stereocenters. The molecular weight excluding hydrogens is 164 g/mol. The number of likely N-dealkylation sites (tertiary alicyclic amines) is 1. The highest BCUT2D eigenvalue weighted by molar-refractivity contribution is 4.84. The maximum atomic E-state index is 5.53. The summed E-state index contributed by atoms with van der Waals surface area (Å²) >= 11 is 0. The van der Waals surface area contributed by atoms with Crippen molar-refractivity contribution in [2.24, 2.45) is 0 Å². The van der Waals surface area contributed by atoms with Gasteiger partial charge in [0.2, 0.25) is 0 Å². The molecule has 3 heteroatoms. The SMILES string of the molecule is CNCCN1CCCC(C)(OC)C1. The van der Waals surface area contributed by atoms with Crippen LogP contribution in [-0.4, -0.2) is 50.8 Å². The minimum absolute atomic E-state index is 0.0893. The number of methoxy groups -OCH3 is 1. The molecular formula is C10H22N2O. The van der Waals surface area contributed by atoms with E-state index in [0.29, 0.717) is 0 Å². The van der Waals surface area contributed by atoms with Crippen LogP contribution in [0.2, 0.25) is 0 Å². The van der Waals surface area contributed by atoms with Crippen molar-refractivity contribution in [2.75, 3.05) is 40.3 Å². The van der Waals surface area contributed by atoms with E-state index in [1.807, 2.05) is 14.2 Å². The van der Waals surface area contributed by atoms with Crippen molar-refractivity contribution in [1.29, 1.82) is 0 Å². The Bertz CT molecular complexity index is 152. The van der Waals surface area contributed by atoms with Crippen molar-refractivity contribution < 1.29 is 4.74 Å². The molecule has 0 spiro atoms. The van der Waals surface area contributed by atoms with Gasteiger partial charge in [-0.05, 0) is 33.4 Å². The molecule has 0 aromatic rings. The largest absolute Gasteiger partial charge is 0.377 e. The molecule has 0 saturated carbocycles. The Morgan fingerprint density at radius 3 is 2.92 bits per heavy atom. The van der Waals surface area contributed by atoms with Crippen LogP contribution in [-0.2, 0) is 4.74 Å². The summed E-state index contributed by atoms with van der Waals surface area (Å²) in [7, 11) is 3.82. The van der Waals surface area contributed by atoms with Gasteiger partial charge in [0.15, 0.2) is 0 Å². The maximum absolute atomic E-state index is 5.53. The summed E-state index contributed by atoms with van der Waals surface area (Å²) in [5.41, 5.74) is 0.0893. The third kappa shape index (κ3) is 3.25. The molecule has 0 aromatic heterocycles. The van der Waals surface area contributed by atoms with Gasteiger partial charge in [-0.1, -0.05) is 0 Å². The van der Waals surface area contributed by atoms with E-state index in [-0.39, 0.29) is 5.60 Å². The van der Waals surface area contributed by atoms with Crippen LogP contribution >= 0.6 is 0 Å². The smallest absolute Gasteiger partial charge is 0.0777 e. The molecule has 1 aliphatic heterocycles. The molecule has 0 radical (unpaired) electrons. The zero-order chi connectivity index (χ0) is 9.73. The molecule has 1 fully saturated rings. The number of likely N-dealkylation sites (N-methyl/N-ethyl adjacent to an activating group) is 1. The normalized spacial score (nSPS) is 30.7. The van der Waals surface area contributed by atoms with Gasteiger partial charge >= 0.3 is 0 Å². The first-order chi connectivity index (χ1) is 6.20. The van der Waals surface area contributed by atoms with Crippen LogP contribution in [0.25, 0.3) is 0 Å². The lowest BCUT2D eigenvalue weighted by molar-refractivity contribution is -0.0501. The third-order valence-corrected chi connectivity index (χ3v) is 2.91. The zero-order valence-electron chi connectivity index (χ0n) is 9.10. The van der Waals surface area contributed by atoms with Gasteiger partial charge in [0.25, 0.3) is 0 Å². The lowest BCUT2D eigenvalue weighted by Crippen LogP contribution is -2.48. The summed E-state index contributed by atoms with van der Waals surface area (Å²) in [6.45, 7) is 6.71. The van der Waals surface area contributed by atoms with E-state index < -0.39 is 0 Å². The fourth-order valence-electron chi connectivity index (χ4n) is 1.94. The highest BCUT2D eigenvalue weighted by atomic mass is 16.5. The van der Waals surface area contributed by atoms with Gasteiger partial charge < -0.3 is 10.1 Å². The average Bonchev–Trinajstić information content (AvgIpc) is 2.15. The van der Waals surface area contributed by atoms with E-state index in [9.17, 15) is 0 Å². The average molecular weight is 186 g/mol. The number of rotatable bonds is 4. The molecule has 1 rings (SSSR count). The Labute approximate surface area is 81.4 Å². The molecule has 1 N–H and O–H groups in total. The number of ether oxygens (including phenoxy) is 1. The van der Waals surface area contributed by atoms with Crippen LogP contribution in [0.4, 0.5) is 0 Å². The Morgan fingerprint density at radius 2 is 2.31 bits per heavy atom. The molecule has 78 valence electrons. The van der Waals surface area contributed by atoms with Gasteiger partial charge in [-0.15, -0.1) is 0 Å². The van der Waals surface area contributed by atoms with E-state index in [4.69, 9.17) is 4.74 Å². The minimum Gasteiger partial charge on any atom is -0.377 e. The molecule has 3 nitrogen and oxygen atoms in total. The standard InChI is InChI=1S/C10H22N2O/c1-10(13-3)5-4-7-12(9-10)8-6-11-2/h11H,4-9H2,1-3H3. The highest BCUT2D eigenvalue weighted by Gasteiger charge is 2.30. The molecule has 1 aliphatic rings. The summed E-state index contributed by atoms with van der Waals surface area (Å²) in [4.78, 5) is 2.48. The Kier molecular flexibility index (Phi) is 4.16. The summed E-state index contributed by atoms with van der Waals surface area (Å²) in [6.07, 6.45) is 2.45. The Balaban J connectivity index is 2.33. The Morgan fingerprint density at radius 1 is 1.54 bits per heavy atom. The second-order valence-electron chi connectivity index (χ2n) is 4.14. The predicted octanol–water partition coefficient (Wildman–Crippen LogP) is 0.707. The van der Waals surface area contributed by atoms with Crippen LogP contribution < -0.4 is 5.32 Å². The summed E-state index contributed by atoms with van der Waals surface area (Å²) in [6, 6.07) is 0. The first kappa shape index (κ1) is 11.0. The van der Waals surface area contributed by atoms with Gasteiger partial charge in [-0.25, -0.2) is 0 Å². The van der Waals surface area contributed by atoms with Gasteiger partial charge in [0.05, 0.1) is 5.60 Å². The van der Waals surface area contributed by atoms with E-state index >= 15 is 0 Å². The van der Waals surface area contributed by atoms with Crippen molar-refractivity contribution >= 4 is 0 Å². The van der Waals surface area contributed by atoms with Crippen molar-refractivity contribution in [3.05, 3.63) is 0 Å². The van der Waals surface area contributed by atoms with Crippen molar-refractivity contribution in [2.45, 2.75) is 25.4 Å². The Hall–Kier alpha value is -0.120. The molecule has 1 heterocycles. The zero-order valence-corrected chi connectivity index (χ0v) is 9.10.